The number of nitrogens with zero attached hydrogens (tertiary/aromatic N) is 1. The lowest BCUT2D eigenvalue weighted by Crippen LogP contribution is -2.37. The molecule has 0 radical (unpaired) electrons. The third kappa shape index (κ3) is 26.0. The number of aliphatic hydroxyl groups is 1. The Morgan fingerprint density at radius 2 is 1.33 bits per heavy atom. The van der Waals surface area contributed by atoms with Crippen molar-refractivity contribution in [2.45, 2.75) is 103 Å². The molecule has 0 spiro atoms. The van der Waals surface area contributed by atoms with E-state index >= 15 is 0 Å². The molecule has 0 saturated heterocycles. The Bertz CT molecular complexity index is 510. The van der Waals surface area contributed by atoms with Crippen molar-refractivity contribution in [1.82, 2.24) is 0 Å². The summed E-state index contributed by atoms with van der Waals surface area (Å²) in [5.41, 5.74) is 0. The predicted octanol–water partition coefficient (Wildman–Crippen LogP) is 6.20. The Morgan fingerprint density at radius 1 is 0.818 bits per heavy atom. The molecule has 0 fully saturated rings. The topological polar surface area (TPSA) is 85.2 Å². The average molecular weight is 495 g/mol. The molecule has 198 valence electrons. The number of phosphoric acid groups is 1. The van der Waals surface area contributed by atoms with Crippen molar-refractivity contribution < 1.29 is 32.8 Å². The lowest BCUT2D eigenvalue weighted by Gasteiger charge is -2.24. The fraction of sp³-hybridized carbons (Fsp3) is 0.920. The Kier molecular flexibility index (Phi) is 20.6. The van der Waals surface area contributed by atoms with Crippen LogP contribution in [0.2, 0.25) is 0 Å². The first kappa shape index (κ1) is 32.6. The summed E-state index contributed by atoms with van der Waals surface area (Å²) in [6.45, 7) is 2.63. The molecule has 0 saturated carbocycles. The highest BCUT2D eigenvalue weighted by Crippen LogP contribution is 2.43. The summed E-state index contributed by atoms with van der Waals surface area (Å²) in [5.74, 6) is 0. The van der Waals surface area contributed by atoms with E-state index in [0.29, 0.717) is 11.0 Å². The summed E-state index contributed by atoms with van der Waals surface area (Å²) >= 11 is 0. The molecule has 0 bridgehead atoms. The van der Waals surface area contributed by atoms with Gasteiger partial charge < -0.3 is 19.2 Å². The average Bonchev–Trinajstić information content (AvgIpc) is 2.73. The Hall–Kier alpha value is -0.430. The van der Waals surface area contributed by atoms with Crippen LogP contribution in [-0.4, -0.2) is 68.1 Å². The van der Waals surface area contributed by atoms with E-state index in [1.165, 1.54) is 77.0 Å². The number of hydrogen-bond acceptors (Lipinski definition) is 5. The molecule has 0 aliphatic heterocycles. The van der Waals surface area contributed by atoms with Gasteiger partial charge >= 0.3 is 7.82 Å². The quantitative estimate of drug-likeness (QED) is 0.0719. The van der Waals surface area contributed by atoms with Gasteiger partial charge in [-0.3, -0.25) is 9.05 Å². The Balaban J connectivity index is 3.48. The number of ether oxygens (including phenoxy) is 1. The van der Waals surface area contributed by atoms with E-state index in [1.807, 2.05) is 27.2 Å². The highest BCUT2D eigenvalue weighted by molar-refractivity contribution is 7.47. The van der Waals surface area contributed by atoms with Gasteiger partial charge in [0.15, 0.2) is 0 Å². The monoisotopic (exact) mass is 494 g/mol. The van der Waals surface area contributed by atoms with Gasteiger partial charge in [0.05, 0.1) is 34.0 Å². The SMILES string of the molecule is CCCCCCCCCCCCCCCC=COC[C@H](O)COP(=O)(O)OCC[N+](C)(C)C. The second-order valence-corrected chi connectivity index (χ2v) is 11.5. The summed E-state index contributed by atoms with van der Waals surface area (Å²) in [7, 11) is 1.72. The van der Waals surface area contributed by atoms with E-state index in [0.717, 1.165) is 12.8 Å². The van der Waals surface area contributed by atoms with E-state index < -0.39 is 13.9 Å². The second-order valence-electron chi connectivity index (χ2n) is 10.0. The van der Waals surface area contributed by atoms with Crippen molar-refractivity contribution in [2.24, 2.45) is 0 Å². The number of unbranched alkanes of at least 4 members (excludes halogenated alkanes) is 13. The van der Waals surface area contributed by atoms with Gasteiger partial charge in [-0.05, 0) is 18.9 Å². The van der Waals surface area contributed by atoms with Crippen molar-refractivity contribution in [1.29, 1.82) is 0 Å². The van der Waals surface area contributed by atoms with Crippen LogP contribution in [0.25, 0.3) is 0 Å². The first-order valence-corrected chi connectivity index (χ1v) is 14.5. The molecule has 2 N–H and O–H groups in total. The summed E-state index contributed by atoms with van der Waals surface area (Å²) in [6, 6.07) is 0. The van der Waals surface area contributed by atoms with Gasteiger partial charge in [-0.1, -0.05) is 84.0 Å². The summed E-state index contributed by atoms with van der Waals surface area (Å²) in [5, 5.41) is 9.82. The number of allylic oxidation sites excluding steroid dienone is 1. The van der Waals surface area contributed by atoms with Crippen LogP contribution in [0.4, 0.5) is 0 Å². The van der Waals surface area contributed by atoms with Gasteiger partial charge in [0.1, 0.15) is 25.9 Å². The molecule has 0 aromatic carbocycles. The van der Waals surface area contributed by atoms with Crippen LogP contribution in [0.15, 0.2) is 12.3 Å². The summed E-state index contributed by atoms with van der Waals surface area (Å²) < 4.78 is 27.4. The fourth-order valence-electron chi connectivity index (χ4n) is 3.28. The second kappa shape index (κ2) is 20.9. The predicted molar refractivity (Wildman–Crippen MR) is 136 cm³/mol. The maximum absolute atomic E-state index is 11.8. The van der Waals surface area contributed by atoms with Crippen molar-refractivity contribution in [3.63, 3.8) is 0 Å². The Labute approximate surface area is 203 Å². The zero-order valence-electron chi connectivity index (χ0n) is 21.9. The number of rotatable bonds is 24. The lowest BCUT2D eigenvalue weighted by atomic mass is 10.0. The largest absolute Gasteiger partial charge is 0.499 e. The smallest absolute Gasteiger partial charge is 0.472 e. The minimum Gasteiger partial charge on any atom is -0.499 e. The third-order valence-electron chi connectivity index (χ3n) is 5.40. The molecule has 0 heterocycles. The van der Waals surface area contributed by atoms with Gasteiger partial charge in [0, 0.05) is 0 Å². The third-order valence-corrected chi connectivity index (χ3v) is 6.39. The number of hydrogen-bond donors (Lipinski definition) is 2. The number of phosphoric ester groups is 1. The number of quaternary nitrogens is 1. The summed E-state index contributed by atoms with van der Waals surface area (Å²) in [4.78, 5) is 9.62. The van der Waals surface area contributed by atoms with E-state index in [1.54, 1.807) is 6.26 Å². The molecule has 0 aromatic rings. The lowest BCUT2D eigenvalue weighted by molar-refractivity contribution is -0.870. The van der Waals surface area contributed by atoms with Crippen LogP contribution in [-0.2, 0) is 18.3 Å². The van der Waals surface area contributed by atoms with Gasteiger partial charge in [-0.2, -0.15) is 0 Å². The molecule has 2 atom stereocenters. The van der Waals surface area contributed by atoms with Crippen LogP contribution >= 0.6 is 7.82 Å². The standard InChI is InChI=1S/C25H52NO6P/c1-5-6-7-8-9-10-11-12-13-14-15-16-17-18-19-21-30-23-25(27)24-32-33(28,29)31-22-20-26(2,3)4/h19,21,25,27H,5-18,20,22-24H2,1-4H3/p+1/t25-/m0/s1. The van der Waals surface area contributed by atoms with Crippen LogP contribution < -0.4 is 0 Å². The molecular weight excluding hydrogens is 441 g/mol. The Morgan fingerprint density at radius 3 is 1.85 bits per heavy atom. The highest BCUT2D eigenvalue weighted by Gasteiger charge is 2.24. The van der Waals surface area contributed by atoms with Crippen LogP contribution in [0.1, 0.15) is 96.8 Å². The molecule has 0 aliphatic carbocycles. The molecular formula is C25H53NO6P+. The van der Waals surface area contributed by atoms with Crippen LogP contribution in [0.5, 0.6) is 0 Å². The molecule has 0 rings (SSSR count). The molecule has 7 nitrogen and oxygen atoms in total. The molecule has 0 aliphatic rings. The van der Waals surface area contributed by atoms with Crippen LogP contribution in [0.3, 0.4) is 0 Å². The minimum absolute atomic E-state index is 0.00792. The molecule has 0 aromatic heterocycles. The normalized spacial score (nSPS) is 15.1. The van der Waals surface area contributed by atoms with Crippen molar-refractivity contribution in [3.05, 3.63) is 12.3 Å². The van der Waals surface area contributed by atoms with Crippen molar-refractivity contribution in [2.75, 3.05) is 47.5 Å². The summed E-state index contributed by atoms with van der Waals surface area (Å²) in [6.07, 6.45) is 21.0. The van der Waals surface area contributed by atoms with Gasteiger partial charge in [-0.25, -0.2) is 4.57 Å². The molecule has 1 unspecified atom stereocenters. The van der Waals surface area contributed by atoms with Gasteiger partial charge in [0.2, 0.25) is 0 Å². The fourth-order valence-corrected chi connectivity index (χ4v) is 4.03. The number of likely N-dealkylation sites (N-methyl/N-ethyl adjacent to an activating group) is 1. The minimum atomic E-state index is -4.15. The number of aliphatic hydroxyl groups excluding tert-OH is 1. The molecule has 8 heteroatoms. The highest BCUT2D eigenvalue weighted by atomic mass is 31.2. The molecule has 0 amide bonds. The molecule has 33 heavy (non-hydrogen) atoms. The van der Waals surface area contributed by atoms with E-state index in [4.69, 9.17) is 13.8 Å². The van der Waals surface area contributed by atoms with E-state index in [2.05, 4.69) is 6.92 Å². The zero-order chi connectivity index (χ0) is 24.8. The van der Waals surface area contributed by atoms with Gasteiger partial charge in [-0.15, -0.1) is 0 Å². The zero-order valence-corrected chi connectivity index (χ0v) is 22.8. The first-order chi connectivity index (χ1) is 15.7. The van der Waals surface area contributed by atoms with E-state index in [-0.39, 0.29) is 19.8 Å². The van der Waals surface area contributed by atoms with Crippen LogP contribution in [0, 0.1) is 0 Å². The van der Waals surface area contributed by atoms with Gasteiger partial charge in [0.25, 0.3) is 0 Å². The first-order valence-electron chi connectivity index (χ1n) is 13.0. The maximum Gasteiger partial charge on any atom is 0.472 e. The van der Waals surface area contributed by atoms with Crippen molar-refractivity contribution >= 4 is 7.82 Å². The maximum atomic E-state index is 11.8. The van der Waals surface area contributed by atoms with Crippen molar-refractivity contribution in [3.8, 4) is 0 Å². The van der Waals surface area contributed by atoms with E-state index in [9.17, 15) is 14.6 Å².